The van der Waals surface area contributed by atoms with Crippen LogP contribution in [0.25, 0.3) is 0 Å². The molecule has 94 valence electrons. The van der Waals surface area contributed by atoms with Gasteiger partial charge in [-0.2, -0.15) is 0 Å². The Labute approximate surface area is 97.7 Å². The molecule has 1 atom stereocenters. The molecule has 0 aromatic heterocycles. The maximum Gasteiger partial charge on any atom is 0.150 e. The summed E-state index contributed by atoms with van der Waals surface area (Å²) < 4.78 is 28.6. The van der Waals surface area contributed by atoms with Crippen LogP contribution in [0.4, 0.5) is 0 Å². The summed E-state index contributed by atoms with van der Waals surface area (Å²) in [5, 5.41) is 3.49. The summed E-state index contributed by atoms with van der Waals surface area (Å²) in [7, 11) is -2.78. The fourth-order valence-corrected chi connectivity index (χ4v) is 4.23. The zero-order valence-corrected chi connectivity index (χ0v) is 11.1. The van der Waals surface area contributed by atoms with E-state index in [2.05, 4.69) is 19.2 Å². The Morgan fingerprint density at radius 1 is 1.19 bits per heavy atom. The first kappa shape index (κ1) is 12.3. The largest absolute Gasteiger partial charge is 0.359 e. The van der Waals surface area contributed by atoms with E-state index in [0.717, 1.165) is 0 Å². The molecule has 0 radical (unpaired) electrons. The van der Waals surface area contributed by atoms with Crippen molar-refractivity contribution in [1.29, 1.82) is 0 Å². The fraction of sp³-hybridized carbons (Fsp3) is 1.00. The fourth-order valence-electron chi connectivity index (χ4n) is 2.74. The first-order valence-electron chi connectivity index (χ1n) is 5.86. The van der Waals surface area contributed by atoms with Crippen molar-refractivity contribution >= 4 is 9.84 Å². The molecule has 4 nitrogen and oxygen atoms in total. The third-order valence-corrected chi connectivity index (χ3v) is 5.37. The van der Waals surface area contributed by atoms with Crippen molar-refractivity contribution < 1.29 is 13.2 Å². The molecule has 2 aliphatic rings. The van der Waals surface area contributed by atoms with Crippen molar-refractivity contribution in [2.75, 3.05) is 18.1 Å². The molecule has 2 fully saturated rings. The van der Waals surface area contributed by atoms with E-state index in [9.17, 15) is 8.42 Å². The molecule has 0 aliphatic carbocycles. The van der Waals surface area contributed by atoms with E-state index in [1.165, 1.54) is 0 Å². The van der Waals surface area contributed by atoms with Gasteiger partial charge in [0, 0.05) is 11.5 Å². The summed E-state index contributed by atoms with van der Waals surface area (Å²) in [6.45, 7) is 6.95. The quantitative estimate of drug-likeness (QED) is 0.749. The molecule has 16 heavy (non-hydrogen) atoms. The number of rotatable bonds is 1. The van der Waals surface area contributed by atoms with Gasteiger partial charge in [0.1, 0.15) is 15.6 Å². The summed E-state index contributed by atoms with van der Waals surface area (Å²) in [5.41, 5.74) is -0.357. The maximum absolute atomic E-state index is 11.4. The molecule has 1 unspecified atom stereocenters. The average molecular weight is 247 g/mol. The predicted octanol–water partition coefficient (Wildman–Crippen LogP) is 0.926. The van der Waals surface area contributed by atoms with E-state index in [1.54, 1.807) is 0 Å². The molecule has 0 aromatic rings. The van der Waals surface area contributed by atoms with Crippen LogP contribution >= 0.6 is 0 Å². The van der Waals surface area contributed by atoms with Crippen LogP contribution in [0, 0.1) is 5.92 Å². The van der Waals surface area contributed by atoms with Crippen LogP contribution in [-0.2, 0) is 14.6 Å². The van der Waals surface area contributed by atoms with E-state index in [-0.39, 0.29) is 11.3 Å². The number of hydrogen-bond donors (Lipinski definition) is 1. The van der Waals surface area contributed by atoms with Crippen molar-refractivity contribution in [2.45, 2.75) is 44.9 Å². The lowest BCUT2D eigenvalue weighted by atomic mass is 9.90. The molecule has 1 N–H and O–H groups in total. The van der Waals surface area contributed by atoms with Gasteiger partial charge in [0.15, 0.2) is 0 Å². The lowest BCUT2D eigenvalue weighted by Crippen LogP contribution is -2.52. The molecular weight excluding hydrogens is 226 g/mol. The molecule has 2 aliphatic heterocycles. The lowest BCUT2D eigenvalue weighted by Gasteiger charge is -2.37. The summed E-state index contributed by atoms with van der Waals surface area (Å²) in [5.74, 6) is 0.912. The van der Waals surface area contributed by atoms with Crippen LogP contribution in [-0.4, -0.2) is 37.8 Å². The zero-order chi connectivity index (χ0) is 12.0. The Kier molecular flexibility index (Phi) is 2.84. The third-order valence-electron chi connectivity index (χ3n) is 3.65. The van der Waals surface area contributed by atoms with Gasteiger partial charge in [0.25, 0.3) is 0 Å². The first-order valence-corrected chi connectivity index (χ1v) is 7.68. The van der Waals surface area contributed by atoms with Gasteiger partial charge in [-0.15, -0.1) is 0 Å². The maximum atomic E-state index is 11.4. The molecule has 0 aromatic carbocycles. The minimum absolute atomic E-state index is 0.00886. The number of sulfone groups is 1. The van der Waals surface area contributed by atoms with Crippen LogP contribution < -0.4 is 5.32 Å². The topological polar surface area (TPSA) is 55.4 Å². The second-order valence-electron chi connectivity index (χ2n) is 5.83. The molecule has 0 spiro atoms. The molecule has 2 saturated heterocycles. The minimum atomic E-state index is -2.78. The standard InChI is InChI=1S/C11H21NO3S/c1-10(2)8-15-11(3,12-10)9-4-6-16(13,14)7-5-9/h9,12H,4-8H2,1-3H3. The molecule has 0 amide bonds. The van der Waals surface area contributed by atoms with Crippen molar-refractivity contribution in [3.8, 4) is 0 Å². The van der Waals surface area contributed by atoms with Crippen LogP contribution in [0.1, 0.15) is 33.6 Å². The molecular formula is C11H21NO3S. The van der Waals surface area contributed by atoms with Gasteiger partial charge in [-0.05, 0) is 33.6 Å². The normalized spacial score (nSPS) is 38.7. The Hall–Kier alpha value is -0.130. The molecule has 0 bridgehead atoms. The smallest absolute Gasteiger partial charge is 0.150 e. The van der Waals surface area contributed by atoms with Crippen molar-refractivity contribution in [1.82, 2.24) is 5.32 Å². The van der Waals surface area contributed by atoms with Gasteiger partial charge in [-0.1, -0.05) is 0 Å². The number of ether oxygens (including phenoxy) is 1. The Morgan fingerprint density at radius 3 is 2.19 bits per heavy atom. The van der Waals surface area contributed by atoms with Crippen molar-refractivity contribution in [2.24, 2.45) is 5.92 Å². The second-order valence-corrected chi connectivity index (χ2v) is 8.13. The lowest BCUT2D eigenvalue weighted by molar-refractivity contribution is -0.0461. The minimum Gasteiger partial charge on any atom is -0.359 e. The van der Waals surface area contributed by atoms with Crippen LogP contribution in [0.15, 0.2) is 0 Å². The van der Waals surface area contributed by atoms with E-state index >= 15 is 0 Å². The summed E-state index contributed by atoms with van der Waals surface area (Å²) in [6, 6.07) is 0. The van der Waals surface area contributed by atoms with Crippen molar-refractivity contribution in [3.63, 3.8) is 0 Å². The molecule has 2 heterocycles. The summed E-state index contributed by atoms with van der Waals surface area (Å²) in [4.78, 5) is 0. The first-order chi connectivity index (χ1) is 7.23. The van der Waals surface area contributed by atoms with E-state index in [1.807, 2.05) is 6.92 Å². The van der Waals surface area contributed by atoms with E-state index < -0.39 is 9.84 Å². The highest BCUT2D eigenvalue weighted by Gasteiger charge is 2.46. The molecule has 2 rings (SSSR count). The third kappa shape index (κ3) is 2.41. The van der Waals surface area contributed by atoms with Gasteiger partial charge in [-0.3, -0.25) is 5.32 Å². The zero-order valence-electron chi connectivity index (χ0n) is 10.2. The highest BCUT2D eigenvalue weighted by Crippen LogP contribution is 2.35. The molecule has 5 heteroatoms. The Bertz CT molecular complexity index is 363. The van der Waals surface area contributed by atoms with Gasteiger partial charge < -0.3 is 4.74 Å². The Morgan fingerprint density at radius 2 is 1.75 bits per heavy atom. The van der Waals surface area contributed by atoms with E-state index in [4.69, 9.17) is 4.74 Å². The van der Waals surface area contributed by atoms with Crippen LogP contribution in [0.2, 0.25) is 0 Å². The highest BCUT2D eigenvalue weighted by atomic mass is 32.2. The predicted molar refractivity (Wildman–Crippen MR) is 62.9 cm³/mol. The average Bonchev–Trinajstić information content (AvgIpc) is 2.41. The van der Waals surface area contributed by atoms with Crippen LogP contribution in [0.3, 0.4) is 0 Å². The van der Waals surface area contributed by atoms with Gasteiger partial charge in [0.2, 0.25) is 0 Å². The van der Waals surface area contributed by atoms with E-state index in [0.29, 0.717) is 36.9 Å². The van der Waals surface area contributed by atoms with Gasteiger partial charge in [0.05, 0.1) is 18.1 Å². The monoisotopic (exact) mass is 247 g/mol. The highest BCUT2D eigenvalue weighted by molar-refractivity contribution is 7.91. The summed E-state index contributed by atoms with van der Waals surface area (Å²) in [6.07, 6.45) is 1.42. The SMILES string of the molecule is CC1(C)COC(C)(C2CCS(=O)(=O)CC2)N1. The van der Waals surface area contributed by atoms with Gasteiger partial charge >= 0.3 is 0 Å². The number of hydrogen-bond acceptors (Lipinski definition) is 4. The van der Waals surface area contributed by atoms with Crippen LogP contribution in [0.5, 0.6) is 0 Å². The number of nitrogens with one attached hydrogen (secondary N) is 1. The van der Waals surface area contributed by atoms with Crippen molar-refractivity contribution in [3.05, 3.63) is 0 Å². The second kappa shape index (κ2) is 3.68. The summed E-state index contributed by atoms with van der Waals surface area (Å²) >= 11 is 0. The Balaban J connectivity index is 2.05. The molecule has 0 saturated carbocycles. The van der Waals surface area contributed by atoms with Gasteiger partial charge in [-0.25, -0.2) is 8.42 Å².